The lowest BCUT2D eigenvalue weighted by atomic mass is 10.0. The maximum Gasteiger partial charge on any atom is 0.269 e. The van der Waals surface area contributed by atoms with Crippen LogP contribution < -0.4 is 10.2 Å². The molecule has 0 atom stereocenters. The summed E-state index contributed by atoms with van der Waals surface area (Å²) < 4.78 is 0. The van der Waals surface area contributed by atoms with E-state index >= 15 is 0 Å². The molecule has 3 heterocycles. The fourth-order valence-electron chi connectivity index (χ4n) is 3.94. The summed E-state index contributed by atoms with van der Waals surface area (Å²) in [7, 11) is 0. The molecule has 1 aliphatic rings. The minimum Gasteiger partial charge on any atom is -0.367 e. The standard InChI is InChI=1S/C23H27N7O2/c1-4-18-14-21(28-23(27-18)17-5-7-20(8-6-17)30(31)32)26-19-9-11-29(12-10-19)22-13-15(2)24-16(3)25-22/h5-8,13-14,19H,4,9-12H2,1-3H3,(H,26,27,28). The van der Waals surface area contributed by atoms with E-state index in [9.17, 15) is 10.1 Å². The molecule has 4 rings (SSSR count). The van der Waals surface area contributed by atoms with Gasteiger partial charge in [0.05, 0.1) is 4.92 Å². The molecule has 9 nitrogen and oxygen atoms in total. The van der Waals surface area contributed by atoms with Crippen molar-refractivity contribution in [1.82, 2.24) is 19.9 Å². The maximum atomic E-state index is 10.9. The largest absolute Gasteiger partial charge is 0.367 e. The van der Waals surface area contributed by atoms with Crippen LogP contribution in [0.3, 0.4) is 0 Å². The molecule has 9 heteroatoms. The highest BCUT2D eigenvalue weighted by Gasteiger charge is 2.21. The van der Waals surface area contributed by atoms with E-state index in [2.05, 4.69) is 32.1 Å². The number of benzene rings is 1. The summed E-state index contributed by atoms with van der Waals surface area (Å²) in [6, 6.07) is 10.7. The molecule has 166 valence electrons. The predicted molar refractivity (Wildman–Crippen MR) is 124 cm³/mol. The van der Waals surface area contributed by atoms with Gasteiger partial charge in [-0.1, -0.05) is 6.92 Å². The van der Waals surface area contributed by atoms with Crippen molar-refractivity contribution >= 4 is 17.3 Å². The minimum absolute atomic E-state index is 0.0552. The van der Waals surface area contributed by atoms with Crippen LogP contribution in [0.25, 0.3) is 11.4 Å². The Kier molecular flexibility index (Phi) is 6.25. The predicted octanol–water partition coefficient (Wildman–Crippen LogP) is 4.10. The molecule has 0 saturated carbocycles. The molecule has 3 aromatic rings. The monoisotopic (exact) mass is 433 g/mol. The molecule has 1 aromatic carbocycles. The number of non-ortho nitro benzene ring substituents is 1. The Hall–Kier alpha value is -3.62. The van der Waals surface area contributed by atoms with Crippen molar-refractivity contribution < 1.29 is 4.92 Å². The molecule has 0 unspecified atom stereocenters. The summed E-state index contributed by atoms with van der Waals surface area (Å²) in [4.78, 5) is 31.1. The molecule has 1 aliphatic heterocycles. The second-order valence-electron chi connectivity index (χ2n) is 8.05. The number of nitro groups is 1. The van der Waals surface area contributed by atoms with Gasteiger partial charge in [-0.05, 0) is 45.2 Å². The Morgan fingerprint density at radius 2 is 1.78 bits per heavy atom. The molecule has 0 spiro atoms. The van der Waals surface area contributed by atoms with Crippen molar-refractivity contribution in [2.24, 2.45) is 0 Å². The minimum atomic E-state index is -0.406. The summed E-state index contributed by atoms with van der Waals surface area (Å²) in [5.74, 6) is 3.15. The van der Waals surface area contributed by atoms with Gasteiger partial charge >= 0.3 is 0 Å². The highest BCUT2D eigenvalue weighted by molar-refractivity contribution is 5.59. The quantitative estimate of drug-likeness (QED) is 0.457. The molecule has 1 N–H and O–H groups in total. The van der Waals surface area contributed by atoms with Crippen LogP contribution in [-0.2, 0) is 6.42 Å². The number of hydrogen-bond donors (Lipinski definition) is 1. The van der Waals surface area contributed by atoms with Crippen molar-refractivity contribution in [1.29, 1.82) is 0 Å². The van der Waals surface area contributed by atoms with Crippen molar-refractivity contribution in [2.45, 2.75) is 46.1 Å². The number of aromatic nitrogens is 4. The fraction of sp³-hybridized carbons (Fsp3) is 0.391. The molecule has 0 radical (unpaired) electrons. The van der Waals surface area contributed by atoms with Gasteiger partial charge in [0.2, 0.25) is 0 Å². The molecule has 0 aliphatic carbocycles. The van der Waals surface area contributed by atoms with Crippen molar-refractivity contribution in [3.8, 4) is 11.4 Å². The average molecular weight is 434 g/mol. The van der Waals surface area contributed by atoms with Crippen molar-refractivity contribution in [3.63, 3.8) is 0 Å². The average Bonchev–Trinajstić information content (AvgIpc) is 2.78. The van der Waals surface area contributed by atoms with E-state index in [1.54, 1.807) is 12.1 Å². The van der Waals surface area contributed by atoms with Crippen LogP contribution in [0, 0.1) is 24.0 Å². The third kappa shape index (κ3) is 4.99. The Morgan fingerprint density at radius 3 is 2.41 bits per heavy atom. The number of hydrogen-bond acceptors (Lipinski definition) is 8. The number of aryl methyl sites for hydroxylation is 3. The Labute approximate surface area is 187 Å². The summed E-state index contributed by atoms with van der Waals surface area (Å²) >= 11 is 0. The molecule has 2 aromatic heterocycles. The van der Waals surface area contributed by atoms with Gasteiger partial charge in [-0.25, -0.2) is 19.9 Å². The topological polar surface area (TPSA) is 110 Å². The van der Waals surface area contributed by atoms with Gasteiger partial charge in [-0.2, -0.15) is 0 Å². The molecule has 0 amide bonds. The fourth-order valence-corrected chi connectivity index (χ4v) is 3.94. The number of nitrogens with zero attached hydrogens (tertiary/aromatic N) is 6. The lowest BCUT2D eigenvalue weighted by Gasteiger charge is -2.33. The van der Waals surface area contributed by atoms with Crippen LogP contribution in [0.15, 0.2) is 36.4 Å². The molecule has 1 saturated heterocycles. The van der Waals surface area contributed by atoms with Crippen LogP contribution >= 0.6 is 0 Å². The molecule has 1 fully saturated rings. The lowest BCUT2D eigenvalue weighted by Crippen LogP contribution is -2.39. The van der Waals surface area contributed by atoms with E-state index in [0.717, 1.165) is 66.8 Å². The smallest absolute Gasteiger partial charge is 0.269 e. The second-order valence-corrected chi connectivity index (χ2v) is 8.05. The van der Waals surface area contributed by atoms with E-state index in [1.165, 1.54) is 12.1 Å². The third-order valence-corrected chi connectivity index (χ3v) is 5.60. The van der Waals surface area contributed by atoms with E-state index in [0.29, 0.717) is 11.9 Å². The SMILES string of the molecule is CCc1cc(NC2CCN(c3cc(C)nc(C)n3)CC2)nc(-c2ccc([N+](=O)[O-])cc2)n1. The van der Waals surface area contributed by atoms with Crippen molar-refractivity contribution in [3.05, 3.63) is 63.7 Å². The first-order valence-corrected chi connectivity index (χ1v) is 10.9. The van der Waals surface area contributed by atoms with E-state index < -0.39 is 4.92 Å². The van der Waals surface area contributed by atoms with E-state index in [-0.39, 0.29) is 5.69 Å². The zero-order valence-electron chi connectivity index (χ0n) is 18.6. The van der Waals surface area contributed by atoms with E-state index in [1.807, 2.05) is 26.0 Å². The number of anilines is 2. The molecule has 0 bridgehead atoms. The van der Waals surface area contributed by atoms with Crippen LogP contribution in [0.1, 0.15) is 37.0 Å². The maximum absolute atomic E-state index is 10.9. The normalized spacial score (nSPS) is 14.4. The van der Waals surface area contributed by atoms with Gasteiger partial charge in [0.1, 0.15) is 17.5 Å². The van der Waals surface area contributed by atoms with Gasteiger partial charge in [-0.15, -0.1) is 0 Å². The first-order chi connectivity index (χ1) is 15.4. The third-order valence-electron chi connectivity index (χ3n) is 5.60. The first-order valence-electron chi connectivity index (χ1n) is 10.9. The number of nitrogens with one attached hydrogen (secondary N) is 1. The number of rotatable bonds is 6. The molecular formula is C23H27N7O2. The second kappa shape index (κ2) is 9.25. The van der Waals surface area contributed by atoms with Gasteiger partial charge in [-0.3, -0.25) is 10.1 Å². The van der Waals surface area contributed by atoms with Crippen molar-refractivity contribution in [2.75, 3.05) is 23.3 Å². The molecule has 32 heavy (non-hydrogen) atoms. The lowest BCUT2D eigenvalue weighted by molar-refractivity contribution is -0.384. The summed E-state index contributed by atoms with van der Waals surface area (Å²) in [6.07, 6.45) is 2.73. The summed E-state index contributed by atoms with van der Waals surface area (Å²) in [5, 5.41) is 14.5. The van der Waals surface area contributed by atoms with Gasteiger partial charge in [0.25, 0.3) is 5.69 Å². The highest BCUT2D eigenvalue weighted by Crippen LogP contribution is 2.24. The Balaban J connectivity index is 1.46. The van der Waals surface area contributed by atoms with Gasteiger partial charge in [0, 0.05) is 60.3 Å². The number of piperidine rings is 1. The summed E-state index contributed by atoms with van der Waals surface area (Å²) in [6.45, 7) is 7.79. The molecular weight excluding hydrogens is 406 g/mol. The summed E-state index contributed by atoms with van der Waals surface area (Å²) in [5.41, 5.74) is 2.73. The highest BCUT2D eigenvalue weighted by atomic mass is 16.6. The Morgan fingerprint density at radius 1 is 1.06 bits per heavy atom. The van der Waals surface area contributed by atoms with Crippen LogP contribution in [0.4, 0.5) is 17.3 Å². The number of nitro benzene ring substituents is 1. The zero-order valence-corrected chi connectivity index (χ0v) is 18.6. The first kappa shape index (κ1) is 21.6. The van der Waals surface area contributed by atoms with Gasteiger partial charge in [0.15, 0.2) is 5.82 Å². The van der Waals surface area contributed by atoms with Crippen LogP contribution in [0.2, 0.25) is 0 Å². The Bertz CT molecular complexity index is 1090. The van der Waals surface area contributed by atoms with Crippen LogP contribution in [0.5, 0.6) is 0 Å². The van der Waals surface area contributed by atoms with Crippen LogP contribution in [-0.4, -0.2) is 44.0 Å². The zero-order chi connectivity index (χ0) is 22.7. The van der Waals surface area contributed by atoms with E-state index in [4.69, 9.17) is 4.98 Å². The van der Waals surface area contributed by atoms with Gasteiger partial charge < -0.3 is 10.2 Å².